The van der Waals surface area contributed by atoms with Gasteiger partial charge in [0, 0.05) is 30.0 Å². The molecule has 1 saturated heterocycles. The number of hydrogen-bond donors (Lipinski definition) is 2. The van der Waals surface area contributed by atoms with Gasteiger partial charge in [0.1, 0.15) is 11.8 Å². The standard InChI is InChI=1S/C25H25N3O3/c1-31-22-15-11-20(12-16-22)27-25(30)24(18-6-3-2-4-7-18)26-19-9-13-21(14-10-19)28-17-5-8-23(28)29/h2-4,6-7,9-16,24,26H,5,8,17H2,1H3,(H,27,30)/t24-/m0/s1. The van der Waals surface area contributed by atoms with Crippen LogP contribution in [0.5, 0.6) is 5.75 Å². The zero-order valence-corrected chi connectivity index (χ0v) is 17.4. The van der Waals surface area contributed by atoms with Crippen LogP contribution < -0.4 is 20.3 Å². The average molecular weight is 415 g/mol. The highest BCUT2D eigenvalue weighted by molar-refractivity contribution is 5.98. The Morgan fingerprint density at radius 1 is 0.935 bits per heavy atom. The summed E-state index contributed by atoms with van der Waals surface area (Å²) in [6, 6.07) is 23.8. The molecule has 3 aromatic rings. The van der Waals surface area contributed by atoms with Gasteiger partial charge in [-0.25, -0.2) is 0 Å². The molecule has 158 valence electrons. The van der Waals surface area contributed by atoms with Crippen LogP contribution in [0.25, 0.3) is 0 Å². The highest BCUT2D eigenvalue weighted by Gasteiger charge is 2.23. The van der Waals surface area contributed by atoms with Crippen LogP contribution >= 0.6 is 0 Å². The lowest BCUT2D eigenvalue weighted by molar-refractivity contribution is -0.117. The van der Waals surface area contributed by atoms with Gasteiger partial charge in [-0.1, -0.05) is 30.3 Å². The summed E-state index contributed by atoms with van der Waals surface area (Å²) >= 11 is 0. The highest BCUT2D eigenvalue weighted by atomic mass is 16.5. The molecular formula is C25H25N3O3. The number of hydrogen-bond acceptors (Lipinski definition) is 4. The molecule has 0 radical (unpaired) electrons. The van der Waals surface area contributed by atoms with Crippen molar-refractivity contribution in [2.24, 2.45) is 0 Å². The van der Waals surface area contributed by atoms with Crippen molar-refractivity contribution in [1.82, 2.24) is 0 Å². The maximum Gasteiger partial charge on any atom is 0.251 e. The summed E-state index contributed by atoms with van der Waals surface area (Å²) in [5.74, 6) is 0.712. The summed E-state index contributed by atoms with van der Waals surface area (Å²) in [7, 11) is 1.61. The normalized spacial score (nSPS) is 14.2. The maximum atomic E-state index is 13.1. The summed E-state index contributed by atoms with van der Waals surface area (Å²) in [6.45, 7) is 0.752. The number of rotatable bonds is 7. The van der Waals surface area contributed by atoms with Crippen molar-refractivity contribution in [2.75, 3.05) is 29.2 Å². The molecule has 1 atom stereocenters. The van der Waals surface area contributed by atoms with E-state index in [1.165, 1.54) is 0 Å². The van der Waals surface area contributed by atoms with Crippen molar-refractivity contribution in [3.63, 3.8) is 0 Å². The third-order valence-corrected chi connectivity index (χ3v) is 5.32. The quantitative estimate of drug-likeness (QED) is 0.591. The summed E-state index contributed by atoms with van der Waals surface area (Å²) < 4.78 is 5.17. The molecular weight excluding hydrogens is 390 g/mol. The molecule has 4 rings (SSSR count). The molecule has 31 heavy (non-hydrogen) atoms. The predicted molar refractivity (Wildman–Crippen MR) is 122 cm³/mol. The zero-order valence-electron chi connectivity index (χ0n) is 17.4. The first-order valence-electron chi connectivity index (χ1n) is 10.3. The fraction of sp³-hybridized carbons (Fsp3) is 0.200. The van der Waals surface area contributed by atoms with Crippen molar-refractivity contribution in [3.05, 3.63) is 84.4 Å². The molecule has 1 heterocycles. The summed E-state index contributed by atoms with van der Waals surface area (Å²) in [5, 5.41) is 6.29. The SMILES string of the molecule is COc1ccc(NC(=O)[C@@H](Nc2ccc(N3CCCC3=O)cc2)c2ccccc2)cc1. The molecule has 0 unspecified atom stereocenters. The lowest BCUT2D eigenvalue weighted by Gasteiger charge is -2.21. The number of benzene rings is 3. The van der Waals surface area contributed by atoms with E-state index in [1.807, 2.05) is 54.6 Å². The number of nitrogens with zero attached hydrogens (tertiary/aromatic N) is 1. The van der Waals surface area contributed by atoms with Gasteiger partial charge in [-0.15, -0.1) is 0 Å². The molecule has 0 bridgehead atoms. The summed E-state index contributed by atoms with van der Waals surface area (Å²) in [6.07, 6.45) is 1.49. The fourth-order valence-electron chi connectivity index (χ4n) is 3.66. The van der Waals surface area contributed by atoms with Gasteiger partial charge in [0.25, 0.3) is 5.91 Å². The van der Waals surface area contributed by atoms with Crippen LogP contribution in [0.2, 0.25) is 0 Å². The minimum absolute atomic E-state index is 0.154. The minimum atomic E-state index is -0.581. The number of carbonyl (C=O) groups excluding carboxylic acids is 2. The van der Waals surface area contributed by atoms with Gasteiger partial charge in [0.15, 0.2) is 0 Å². The fourth-order valence-corrected chi connectivity index (χ4v) is 3.66. The van der Waals surface area contributed by atoms with Crippen LogP contribution in [0.4, 0.5) is 17.1 Å². The van der Waals surface area contributed by atoms with Crippen LogP contribution in [0.1, 0.15) is 24.4 Å². The Kier molecular flexibility index (Phi) is 6.17. The van der Waals surface area contributed by atoms with Gasteiger partial charge < -0.3 is 20.3 Å². The van der Waals surface area contributed by atoms with Crippen LogP contribution in [0, 0.1) is 0 Å². The molecule has 6 nitrogen and oxygen atoms in total. The van der Waals surface area contributed by atoms with E-state index in [0.717, 1.165) is 35.7 Å². The molecule has 2 amide bonds. The van der Waals surface area contributed by atoms with E-state index in [9.17, 15) is 9.59 Å². The maximum absolute atomic E-state index is 13.1. The number of anilines is 3. The Balaban J connectivity index is 1.52. The van der Waals surface area contributed by atoms with Crippen LogP contribution in [-0.4, -0.2) is 25.5 Å². The Morgan fingerprint density at radius 3 is 2.23 bits per heavy atom. The van der Waals surface area contributed by atoms with Gasteiger partial charge in [-0.3, -0.25) is 9.59 Å². The van der Waals surface area contributed by atoms with Crippen molar-refractivity contribution in [2.45, 2.75) is 18.9 Å². The Labute approximate surface area is 181 Å². The largest absolute Gasteiger partial charge is 0.497 e. The van der Waals surface area contributed by atoms with Crippen LogP contribution in [0.15, 0.2) is 78.9 Å². The lowest BCUT2D eigenvalue weighted by atomic mass is 10.1. The number of amides is 2. The van der Waals surface area contributed by atoms with Crippen LogP contribution in [0.3, 0.4) is 0 Å². The first-order valence-corrected chi connectivity index (χ1v) is 10.3. The molecule has 2 N–H and O–H groups in total. The minimum Gasteiger partial charge on any atom is -0.497 e. The molecule has 1 aliphatic heterocycles. The van der Waals surface area contributed by atoms with Gasteiger partial charge in [0.05, 0.1) is 7.11 Å². The van der Waals surface area contributed by atoms with Crippen molar-refractivity contribution in [1.29, 1.82) is 0 Å². The number of nitrogens with one attached hydrogen (secondary N) is 2. The van der Waals surface area contributed by atoms with E-state index in [2.05, 4.69) is 10.6 Å². The van der Waals surface area contributed by atoms with E-state index in [1.54, 1.807) is 36.3 Å². The topological polar surface area (TPSA) is 70.7 Å². The molecule has 0 aromatic heterocycles. The van der Waals surface area contributed by atoms with Crippen LogP contribution in [-0.2, 0) is 9.59 Å². The molecule has 1 aliphatic rings. The zero-order chi connectivity index (χ0) is 21.6. The summed E-state index contributed by atoms with van der Waals surface area (Å²) in [5.41, 5.74) is 3.23. The van der Waals surface area contributed by atoms with E-state index >= 15 is 0 Å². The molecule has 3 aromatic carbocycles. The first kappa shape index (κ1) is 20.5. The van der Waals surface area contributed by atoms with E-state index in [4.69, 9.17) is 4.74 Å². The third kappa shape index (κ3) is 4.86. The second-order valence-electron chi connectivity index (χ2n) is 7.40. The average Bonchev–Trinajstić information content (AvgIpc) is 3.24. The highest BCUT2D eigenvalue weighted by Crippen LogP contribution is 2.26. The van der Waals surface area contributed by atoms with Crippen molar-refractivity contribution < 1.29 is 14.3 Å². The number of carbonyl (C=O) groups is 2. The lowest BCUT2D eigenvalue weighted by Crippen LogP contribution is -2.27. The van der Waals surface area contributed by atoms with Gasteiger partial charge in [-0.2, -0.15) is 0 Å². The monoisotopic (exact) mass is 415 g/mol. The number of ether oxygens (including phenoxy) is 1. The van der Waals surface area contributed by atoms with Gasteiger partial charge in [-0.05, 0) is 60.5 Å². The Bertz CT molecular complexity index is 1030. The smallest absolute Gasteiger partial charge is 0.251 e. The molecule has 6 heteroatoms. The van der Waals surface area contributed by atoms with E-state index in [0.29, 0.717) is 12.1 Å². The van der Waals surface area contributed by atoms with E-state index < -0.39 is 6.04 Å². The Morgan fingerprint density at radius 2 is 1.61 bits per heavy atom. The van der Waals surface area contributed by atoms with Crippen molar-refractivity contribution >= 4 is 28.9 Å². The van der Waals surface area contributed by atoms with Gasteiger partial charge >= 0.3 is 0 Å². The third-order valence-electron chi connectivity index (χ3n) is 5.32. The molecule has 0 saturated carbocycles. The van der Waals surface area contributed by atoms with Gasteiger partial charge in [0.2, 0.25) is 5.91 Å². The molecule has 0 aliphatic carbocycles. The predicted octanol–water partition coefficient (Wildman–Crippen LogP) is 4.61. The Hall–Kier alpha value is -3.80. The number of methoxy groups -OCH3 is 1. The van der Waals surface area contributed by atoms with Crippen molar-refractivity contribution in [3.8, 4) is 5.75 Å². The summed E-state index contributed by atoms with van der Waals surface area (Å²) in [4.78, 5) is 26.9. The van der Waals surface area contributed by atoms with E-state index in [-0.39, 0.29) is 11.8 Å². The second-order valence-corrected chi connectivity index (χ2v) is 7.40. The first-order chi connectivity index (χ1) is 15.1. The molecule has 1 fully saturated rings. The molecule has 0 spiro atoms. The second kappa shape index (κ2) is 9.34.